The predicted molar refractivity (Wildman–Crippen MR) is 72.6 cm³/mol. The van der Waals surface area contributed by atoms with Gasteiger partial charge in [-0.15, -0.1) is 0 Å². The molecule has 0 bridgehead atoms. The Morgan fingerprint density at radius 2 is 2.18 bits per heavy atom. The lowest BCUT2D eigenvalue weighted by Gasteiger charge is -2.17. The van der Waals surface area contributed by atoms with Gasteiger partial charge < -0.3 is 9.47 Å². The maximum Gasteiger partial charge on any atom is 0.228 e. The Kier molecular flexibility index (Phi) is 2.47. The number of carbonyl (C=O) groups is 1. The van der Waals surface area contributed by atoms with E-state index < -0.39 is 0 Å². The van der Waals surface area contributed by atoms with Crippen LogP contribution in [0.4, 0.5) is 5.69 Å². The molecule has 1 saturated heterocycles. The van der Waals surface area contributed by atoms with Crippen molar-refractivity contribution >= 4 is 38.4 Å². The third kappa shape index (κ3) is 1.67. The van der Waals surface area contributed by atoms with E-state index in [-0.39, 0.29) is 10.7 Å². The summed E-state index contributed by atoms with van der Waals surface area (Å²) in [4.78, 5) is 14.1. The summed E-state index contributed by atoms with van der Waals surface area (Å²) >= 11 is 3.52. The highest BCUT2D eigenvalue weighted by atomic mass is 79.9. The van der Waals surface area contributed by atoms with Gasteiger partial charge in [-0.3, -0.25) is 4.79 Å². The van der Waals surface area contributed by atoms with Crippen molar-refractivity contribution in [3.63, 3.8) is 0 Å². The first-order chi connectivity index (χ1) is 8.16. The molecule has 1 aliphatic heterocycles. The van der Waals surface area contributed by atoms with E-state index in [2.05, 4.69) is 32.6 Å². The molecule has 3 nitrogen and oxygen atoms in total. The molecule has 0 spiro atoms. The number of hydrogen-bond acceptors (Lipinski definition) is 1. The van der Waals surface area contributed by atoms with Crippen molar-refractivity contribution in [2.75, 3.05) is 11.4 Å². The third-order valence-corrected chi connectivity index (χ3v) is 3.89. The summed E-state index contributed by atoms with van der Waals surface area (Å²) < 4.78 is 2.07. The van der Waals surface area contributed by atoms with Gasteiger partial charge in [-0.05, 0) is 18.2 Å². The lowest BCUT2D eigenvalue weighted by atomic mass is 10.2. The SMILES string of the molecule is Cn1ccc2c(N3CC(Br)CC3=O)cccc21. The number of nitrogens with zero attached hydrogens (tertiary/aromatic N) is 2. The van der Waals surface area contributed by atoms with Gasteiger partial charge in [0, 0.05) is 41.9 Å². The topological polar surface area (TPSA) is 25.2 Å². The Morgan fingerprint density at radius 3 is 2.88 bits per heavy atom. The number of halogens is 1. The Labute approximate surface area is 108 Å². The molecule has 0 aliphatic carbocycles. The molecule has 1 aliphatic rings. The van der Waals surface area contributed by atoms with Gasteiger partial charge in [0.15, 0.2) is 0 Å². The highest BCUT2D eigenvalue weighted by molar-refractivity contribution is 9.09. The van der Waals surface area contributed by atoms with Gasteiger partial charge in [-0.25, -0.2) is 0 Å². The molecule has 17 heavy (non-hydrogen) atoms. The lowest BCUT2D eigenvalue weighted by molar-refractivity contribution is -0.117. The van der Waals surface area contributed by atoms with Crippen LogP contribution in [-0.2, 0) is 11.8 Å². The number of amides is 1. The van der Waals surface area contributed by atoms with E-state index in [4.69, 9.17) is 0 Å². The fraction of sp³-hybridized carbons (Fsp3) is 0.308. The average Bonchev–Trinajstić information content (AvgIpc) is 2.83. The largest absolute Gasteiger partial charge is 0.350 e. The first-order valence-corrected chi connectivity index (χ1v) is 6.57. The van der Waals surface area contributed by atoms with E-state index >= 15 is 0 Å². The number of rotatable bonds is 1. The molecule has 0 N–H and O–H groups in total. The second-order valence-electron chi connectivity index (χ2n) is 4.44. The number of anilines is 1. The summed E-state index contributed by atoms with van der Waals surface area (Å²) in [6.45, 7) is 0.757. The van der Waals surface area contributed by atoms with Crippen LogP contribution in [0, 0.1) is 0 Å². The maximum atomic E-state index is 11.9. The second-order valence-corrected chi connectivity index (χ2v) is 5.74. The first kappa shape index (κ1) is 10.8. The normalized spacial score (nSPS) is 20.5. The zero-order valence-electron chi connectivity index (χ0n) is 9.56. The van der Waals surface area contributed by atoms with E-state index in [1.807, 2.05) is 30.3 Å². The van der Waals surface area contributed by atoms with Crippen molar-refractivity contribution in [2.24, 2.45) is 7.05 Å². The molecule has 1 fully saturated rings. The van der Waals surface area contributed by atoms with Crippen LogP contribution in [-0.4, -0.2) is 21.8 Å². The molecule has 2 heterocycles. The van der Waals surface area contributed by atoms with Gasteiger partial charge in [0.1, 0.15) is 0 Å². The highest BCUT2D eigenvalue weighted by Crippen LogP contribution is 2.31. The lowest BCUT2D eigenvalue weighted by Crippen LogP contribution is -2.24. The fourth-order valence-electron chi connectivity index (χ4n) is 2.42. The number of hydrogen-bond donors (Lipinski definition) is 0. The minimum Gasteiger partial charge on any atom is -0.350 e. The molecule has 4 heteroatoms. The third-order valence-electron chi connectivity index (χ3n) is 3.27. The van der Waals surface area contributed by atoms with Gasteiger partial charge >= 0.3 is 0 Å². The smallest absolute Gasteiger partial charge is 0.228 e. The van der Waals surface area contributed by atoms with Crippen molar-refractivity contribution in [2.45, 2.75) is 11.2 Å². The van der Waals surface area contributed by atoms with Crippen molar-refractivity contribution < 1.29 is 4.79 Å². The Balaban J connectivity index is 2.14. The molecule has 3 rings (SSSR count). The first-order valence-electron chi connectivity index (χ1n) is 5.65. The molecule has 0 saturated carbocycles. The van der Waals surface area contributed by atoms with E-state index in [0.717, 1.165) is 23.1 Å². The molecule has 1 amide bonds. The van der Waals surface area contributed by atoms with Crippen molar-refractivity contribution in [3.05, 3.63) is 30.5 Å². The van der Waals surface area contributed by atoms with Crippen LogP contribution >= 0.6 is 15.9 Å². The molecule has 88 valence electrons. The number of fused-ring (bicyclic) bond motifs is 1. The highest BCUT2D eigenvalue weighted by Gasteiger charge is 2.29. The van der Waals surface area contributed by atoms with Crippen molar-refractivity contribution in [3.8, 4) is 0 Å². The van der Waals surface area contributed by atoms with E-state index in [1.54, 1.807) is 0 Å². The molecule has 1 aromatic carbocycles. The number of carbonyl (C=O) groups excluding carboxylic acids is 1. The van der Waals surface area contributed by atoms with Gasteiger partial charge in [0.05, 0.1) is 5.69 Å². The summed E-state index contributed by atoms with van der Waals surface area (Å²) in [6.07, 6.45) is 2.61. The van der Waals surface area contributed by atoms with Gasteiger partial charge in [-0.2, -0.15) is 0 Å². The van der Waals surface area contributed by atoms with Gasteiger partial charge in [0.25, 0.3) is 0 Å². The summed E-state index contributed by atoms with van der Waals surface area (Å²) in [6, 6.07) is 8.17. The fourth-order valence-corrected chi connectivity index (χ4v) is 2.98. The molecule has 2 aromatic rings. The van der Waals surface area contributed by atoms with Crippen LogP contribution in [0.25, 0.3) is 10.9 Å². The Hall–Kier alpha value is -1.29. The number of benzene rings is 1. The zero-order valence-corrected chi connectivity index (χ0v) is 11.1. The molecule has 1 atom stereocenters. The summed E-state index contributed by atoms with van der Waals surface area (Å²) in [5.74, 6) is 0.197. The number of aryl methyl sites for hydroxylation is 1. The molecule has 1 unspecified atom stereocenters. The van der Waals surface area contributed by atoms with Gasteiger partial charge in [-0.1, -0.05) is 22.0 Å². The number of aromatic nitrogens is 1. The molecular weight excluding hydrogens is 280 g/mol. The summed E-state index contributed by atoms with van der Waals surface area (Å²) in [7, 11) is 2.02. The minimum absolute atomic E-state index is 0.197. The Bertz CT molecular complexity index is 590. The minimum atomic E-state index is 0.197. The molecule has 0 radical (unpaired) electrons. The summed E-state index contributed by atoms with van der Waals surface area (Å²) in [5.41, 5.74) is 2.18. The summed E-state index contributed by atoms with van der Waals surface area (Å²) in [5, 5.41) is 1.14. The van der Waals surface area contributed by atoms with Crippen LogP contribution < -0.4 is 4.90 Å². The standard InChI is InChI=1S/C13H13BrN2O/c1-15-6-5-10-11(15)3-2-4-12(10)16-8-9(14)7-13(16)17/h2-6,9H,7-8H2,1H3. The van der Waals surface area contributed by atoms with E-state index in [9.17, 15) is 4.79 Å². The van der Waals surface area contributed by atoms with Crippen LogP contribution in [0.5, 0.6) is 0 Å². The predicted octanol–water partition coefficient (Wildman–Crippen LogP) is 2.68. The average molecular weight is 293 g/mol. The van der Waals surface area contributed by atoms with Crippen LogP contribution in [0.3, 0.4) is 0 Å². The van der Waals surface area contributed by atoms with Crippen LogP contribution in [0.15, 0.2) is 30.5 Å². The second kappa shape index (κ2) is 3.88. The monoisotopic (exact) mass is 292 g/mol. The zero-order chi connectivity index (χ0) is 12.0. The van der Waals surface area contributed by atoms with Gasteiger partial charge in [0.2, 0.25) is 5.91 Å². The van der Waals surface area contributed by atoms with E-state index in [1.165, 1.54) is 0 Å². The van der Waals surface area contributed by atoms with Crippen LogP contribution in [0.1, 0.15) is 6.42 Å². The molecular formula is C13H13BrN2O. The molecule has 1 aromatic heterocycles. The van der Waals surface area contributed by atoms with Crippen LogP contribution in [0.2, 0.25) is 0 Å². The van der Waals surface area contributed by atoms with Crippen molar-refractivity contribution in [1.29, 1.82) is 0 Å². The van der Waals surface area contributed by atoms with E-state index in [0.29, 0.717) is 6.42 Å². The quantitative estimate of drug-likeness (QED) is 0.742. The van der Waals surface area contributed by atoms with Crippen molar-refractivity contribution in [1.82, 2.24) is 4.57 Å². The number of alkyl halides is 1. The Morgan fingerprint density at radius 1 is 1.35 bits per heavy atom. The maximum absolute atomic E-state index is 11.9.